The van der Waals surface area contributed by atoms with Crippen LogP contribution in [0.1, 0.15) is 42.5 Å². The maximum atomic E-state index is 13.3. The second-order valence-corrected chi connectivity index (χ2v) is 5.49. The second-order valence-electron chi connectivity index (χ2n) is 5.49. The Hall–Kier alpha value is -1.65. The van der Waals surface area contributed by atoms with Gasteiger partial charge in [-0.25, -0.2) is 9.37 Å². The summed E-state index contributed by atoms with van der Waals surface area (Å²) in [5, 5.41) is 2.84. The van der Waals surface area contributed by atoms with E-state index in [0.717, 1.165) is 12.7 Å². The molecule has 0 aromatic carbocycles. The zero-order valence-electron chi connectivity index (χ0n) is 12.2. The Balaban J connectivity index is 2.07. The zero-order valence-corrected chi connectivity index (χ0v) is 12.2. The molecule has 0 saturated heterocycles. The third-order valence-corrected chi connectivity index (χ3v) is 3.93. The lowest BCUT2D eigenvalue weighted by molar-refractivity contribution is 0.0760. The van der Waals surface area contributed by atoms with Gasteiger partial charge in [0.15, 0.2) is 0 Å². The monoisotopic (exact) mass is 279 g/mol. The summed E-state index contributed by atoms with van der Waals surface area (Å²) in [6.45, 7) is 0.735. The molecule has 0 radical (unpaired) electrons. The van der Waals surface area contributed by atoms with Crippen molar-refractivity contribution in [2.24, 2.45) is 5.92 Å². The fraction of sp³-hybridized carbons (Fsp3) is 0.600. The molecule has 20 heavy (non-hydrogen) atoms. The molecular formula is C15H22FN3O. The smallest absolute Gasteiger partial charge is 0.257 e. The number of hydrogen-bond donors (Lipinski definition) is 1. The van der Waals surface area contributed by atoms with Crippen molar-refractivity contribution in [3.63, 3.8) is 0 Å². The normalized spacial score (nSPS) is 15.9. The minimum Gasteiger partial charge on any atom is -0.372 e. The fourth-order valence-electron chi connectivity index (χ4n) is 2.85. The van der Waals surface area contributed by atoms with Gasteiger partial charge in [0, 0.05) is 20.6 Å². The first-order valence-electron chi connectivity index (χ1n) is 7.20. The SMILES string of the molecule is CNc1ncc(F)cc1C(=O)N(C)CC1CCCCC1. The van der Waals surface area contributed by atoms with Crippen LogP contribution in [0.15, 0.2) is 12.3 Å². The van der Waals surface area contributed by atoms with Crippen molar-refractivity contribution in [2.45, 2.75) is 32.1 Å². The molecule has 1 amide bonds. The van der Waals surface area contributed by atoms with Crippen molar-refractivity contribution in [1.82, 2.24) is 9.88 Å². The minimum absolute atomic E-state index is 0.174. The number of nitrogens with one attached hydrogen (secondary N) is 1. The van der Waals surface area contributed by atoms with Crippen LogP contribution in [0.5, 0.6) is 0 Å². The molecule has 4 nitrogen and oxygen atoms in total. The summed E-state index contributed by atoms with van der Waals surface area (Å²) in [7, 11) is 3.46. The number of carbonyl (C=O) groups is 1. The Kier molecular flexibility index (Phi) is 4.93. The lowest BCUT2D eigenvalue weighted by Crippen LogP contribution is -2.33. The van der Waals surface area contributed by atoms with Crippen LogP contribution >= 0.6 is 0 Å². The van der Waals surface area contributed by atoms with Gasteiger partial charge in [0.05, 0.1) is 11.8 Å². The number of pyridine rings is 1. The highest BCUT2D eigenvalue weighted by atomic mass is 19.1. The molecule has 0 unspecified atom stereocenters. The number of rotatable bonds is 4. The molecule has 1 aromatic rings. The van der Waals surface area contributed by atoms with E-state index in [-0.39, 0.29) is 5.91 Å². The lowest BCUT2D eigenvalue weighted by atomic mass is 9.89. The second kappa shape index (κ2) is 6.68. The first kappa shape index (κ1) is 14.8. The quantitative estimate of drug-likeness (QED) is 0.921. The summed E-state index contributed by atoms with van der Waals surface area (Å²) >= 11 is 0. The molecule has 0 atom stereocenters. The van der Waals surface area contributed by atoms with Crippen LogP contribution in [0.25, 0.3) is 0 Å². The van der Waals surface area contributed by atoms with Crippen LogP contribution in [-0.2, 0) is 0 Å². The topological polar surface area (TPSA) is 45.2 Å². The highest BCUT2D eigenvalue weighted by molar-refractivity contribution is 5.98. The highest BCUT2D eigenvalue weighted by Crippen LogP contribution is 2.25. The van der Waals surface area contributed by atoms with Crippen molar-refractivity contribution in [1.29, 1.82) is 0 Å². The molecule has 5 heteroatoms. The summed E-state index contributed by atoms with van der Waals surface area (Å²) in [5.74, 6) is 0.328. The summed E-state index contributed by atoms with van der Waals surface area (Å²) in [6.07, 6.45) is 7.26. The fourth-order valence-corrected chi connectivity index (χ4v) is 2.85. The Morgan fingerprint density at radius 3 is 2.80 bits per heavy atom. The van der Waals surface area contributed by atoms with E-state index in [1.807, 2.05) is 0 Å². The Bertz CT molecular complexity index is 472. The first-order valence-corrected chi connectivity index (χ1v) is 7.20. The van der Waals surface area contributed by atoms with Crippen LogP contribution in [0, 0.1) is 11.7 Å². The average molecular weight is 279 g/mol. The molecule has 1 aliphatic carbocycles. The summed E-state index contributed by atoms with van der Waals surface area (Å²) in [6, 6.07) is 1.25. The van der Waals surface area contributed by atoms with E-state index in [4.69, 9.17) is 0 Å². The van der Waals surface area contributed by atoms with Gasteiger partial charge in [-0.15, -0.1) is 0 Å². The zero-order chi connectivity index (χ0) is 14.5. The van der Waals surface area contributed by atoms with Crippen LogP contribution < -0.4 is 5.32 Å². The number of anilines is 1. The van der Waals surface area contributed by atoms with Crippen LogP contribution in [0.3, 0.4) is 0 Å². The van der Waals surface area contributed by atoms with E-state index in [2.05, 4.69) is 10.3 Å². The summed E-state index contributed by atoms with van der Waals surface area (Å²) in [4.78, 5) is 18.0. The van der Waals surface area contributed by atoms with E-state index < -0.39 is 5.82 Å². The molecule has 0 bridgehead atoms. The van der Waals surface area contributed by atoms with Gasteiger partial charge in [-0.1, -0.05) is 19.3 Å². The largest absolute Gasteiger partial charge is 0.372 e. The van der Waals surface area contributed by atoms with Gasteiger partial charge in [0.25, 0.3) is 5.91 Å². The van der Waals surface area contributed by atoms with Crippen molar-refractivity contribution in [3.8, 4) is 0 Å². The molecule has 110 valence electrons. The molecule has 1 fully saturated rings. The van der Waals surface area contributed by atoms with Crippen LogP contribution in [-0.4, -0.2) is 36.4 Å². The first-order chi connectivity index (χ1) is 9.61. The molecule has 0 aliphatic heterocycles. The number of amides is 1. The Labute approximate surface area is 119 Å². The van der Waals surface area contributed by atoms with Crippen molar-refractivity contribution < 1.29 is 9.18 Å². The van der Waals surface area contributed by atoms with Gasteiger partial charge in [-0.05, 0) is 24.8 Å². The number of nitrogens with zero attached hydrogens (tertiary/aromatic N) is 2. The van der Waals surface area contributed by atoms with Gasteiger partial charge in [-0.2, -0.15) is 0 Å². The van der Waals surface area contributed by atoms with Gasteiger partial charge in [0.2, 0.25) is 0 Å². The lowest BCUT2D eigenvalue weighted by Gasteiger charge is -2.27. The maximum absolute atomic E-state index is 13.3. The van der Waals surface area contributed by atoms with E-state index in [1.165, 1.54) is 38.2 Å². The molecule has 2 rings (SSSR count). The van der Waals surface area contributed by atoms with E-state index in [0.29, 0.717) is 17.3 Å². The predicted octanol–water partition coefficient (Wildman–Crippen LogP) is 2.91. The summed E-state index contributed by atoms with van der Waals surface area (Å²) < 4.78 is 13.3. The Morgan fingerprint density at radius 2 is 2.15 bits per heavy atom. The highest BCUT2D eigenvalue weighted by Gasteiger charge is 2.21. The molecule has 0 spiro atoms. The van der Waals surface area contributed by atoms with Gasteiger partial charge in [-0.3, -0.25) is 4.79 Å². The average Bonchev–Trinajstić information content (AvgIpc) is 2.47. The standard InChI is InChI=1S/C15H22FN3O/c1-17-14-13(8-12(16)9-18-14)15(20)19(2)10-11-6-4-3-5-7-11/h8-9,11H,3-7,10H2,1-2H3,(H,17,18). The summed E-state index contributed by atoms with van der Waals surface area (Å²) in [5.41, 5.74) is 0.297. The number of halogens is 1. The van der Waals surface area contributed by atoms with Crippen LogP contribution in [0.2, 0.25) is 0 Å². The van der Waals surface area contributed by atoms with Crippen LogP contribution in [0.4, 0.5) is 10.2 Å². The van der Waals surface area contributed by atoms with Crippen molar-refractivity contribution in [3.05, 3.63) is 23.6 Å². The van der Waals surface area contributed by atoms with Gasteiger partial charge >= 0.3 is 0 Å². The van der Waals surface area contributed by atoms with E-state index in [9.17, 15) is 9.18 Å². The molecule has 1 heterocycles. The minimum atomic E-state index is -0.488. The predicted molar refractivity (Wildman–Crippen MR) is 77.3 cm³/mol. The third-order valence-electron chi connectivity index (χ3n) is 3.93. The van der Waals surface area contributed by atoms with E-state index >= 15 is 0 Å². The van der Waals surface area contributed by atoms with Crippen molar-refractivity contribution in [2.75, 3.05) is 26.0 Å². The number of aromatic nitrogens is 1. The molecule has 1 saturated carbocycles. The van der Waals surface area contributed by atoms with Crippen molar-refractivity contribution >= 4 is 11.7 Å². The number of carbonyl (C=O) groups excluding carboxylic acids is 1. The van der Waals surface area contributed by atoms with Gasteiger partial charge < -0.3 is 10.2 Å². The molecule has 1 aliphatic rings. The molecule has 1 N–H and O–H groups in total. The molecular weight excluding hydrogens is 257 g/mol. The maximum Gasteiger partial charge on any atom is 0.257 e. The number of hydrogen-bond acceptors (Lipinski definition) is 3. The van der Waals surface area contributed by atoms with Gasteiger partial charge in [0.1, 0.15) is 11.6 Å². The third kappa shape index (κ3) is 3.46. The Morgan fingerprint density at radius 1 is 1.45 bits per heavy atom. The molecule has 1 aromatic heterocycles. The van der Waals surface area contributed by atoms with E-state index in [1.54, 1.807) is 19.0 Å².